The Hall–Kier alpha value is -1.55. The highest BCUT2D eigenvalue weighted by Gasteiger charge is 2.13. The van der Waals surface area contributed by atoms with Crippen LogP contribution in [0.25, 0.3) is 0 Å². The number of hydrogen-bond donors (Lipinski definition) is 0. The van der Waals surface area contributed by atoms with Gasteiger partial charge in [-0.05, 0) is 12.1 Å². The van der Waals surface area contributed by atoms with Crippen molar-refractivity contribution < 1.29 is 19.0 Å². The van der Waals surface area contributed by atoms with Crippen molar-refractivity contribution in [3.8, 4) is 11.5 Å². The maximum atomic E-state index is 10.8. The number of carbonyl (C=O) groups is 1. The van der Waals surface area contributed by atoms with E-state index in [1.165, 1.54) is 7.11 Å². The third-order valence-corrected chi connectivity index (χ3v) is 2.09. The summed E-state index contributed by atoms with van der Waals surface area (Å²) < 4.78 is 15.4. The lowest BCUT2D eigenvalue weighted by molar-refractivity contribution is 0.111. The van der Waals surface area contributed by atoms with Crippen molar-refractivity contribution >= 4 is 6.29 Å². The molecule has 0 amide bonds. The standard InChI is InChI=1S/C11H14O4/c1-13-7-9-10(14-2)5-4-8(6-12)11(9)15-3/h4-6H,7H2,1-3H3. The van der Waals surface area contributed by atoms with Crippen LogP contribution < -0.4 is 9.47 Å². The number of rotatable bonds is 5. The summed E-state index contributed by atoms with van der Waals surface area (Å²) in [5.74, 6) is 1.16. The van der Waals surface area contributed by atoms with Gasteiger partial charge >= 0.3 is 0 Å². The first-order valence-electron chi connectivity index (χ1n) is 4.46. The van der Waals surface area contributed by atoms with Crippen LogP contribution >= 0.6 is 0 Å². The fourth-order valence-corrected chi connectivity index (χ4v) is 1.43. The van der Waals surface area contributed by atoms with Crippen LogP contribution in [0.2, 0.25) is 0 Å². The maximum Gasteiger partial charge on any atom is 0.153 e. The van der Waals surface area contributed by atoms with E-state index in [9.17, 15) is 4.79 Å². The first kappa shape index (κ1) is 11.5. The molecular formula is C11H14O4. The van der Waals surface area contributed by atoms with E-state index in [2.05, 4.69) is 0 Å². The van der Waals surface area contributed by atoms with E-state index in [0.29, 0.717) is 23.7 Å². The molecule has 1 aromatic carbocycles. The molecule has 0 aliphatic rings. The molecule has 4 heteroatoms. The number of hydrogen-bond acceptors (Lipinski definition) is 4. The summed E-state index contributed by atoms with van der Waals surface area (Å²) >= 11 is 0. The highest BCUT2D eigenvalue weighted by molar-refractivity contribution is 5.81. The molecule has 0 saturated heterocycles. The van der Waals surface area contributed by atoms with Crippen LogP contribution in [0.3, 0.4) is 0 Å². The molecular weight excluding hydrogens is 196 g/mol. The number of carbonyl (C=O) groups excluding carboxylic acids is 1. The molecule has 0 atom stereocenters. The number of methoxy groups -OCH3 is 3. The molecule has 1 rings (SSSR count). The molecule has 0 unspecified atom stereocenters. The van der Waals surface area contributed by atoms with Gasteiger partial charge in [0, 0.05) is 7.11 Å². The monoisotopic (exact) mass is 210 g/mol. The lowest BCUT2D eigenvalue weighted by atomic mass is 10.1. The fraction of sp³-hybridized carbons (Fsp3) is 0.364. The van der Waals surface area contributed by atoms with Gasteiger partial charge in [0.15, 0.2) is 6.29 Å². The topological polar surface area (TPSA) is 44.8 Å². The average molecular weight is 210 g/mol. The Morgan fingerprint density at radius 1 is 1.20 bits per heavy atom. The third kappa shape index (κ3) is 2.27. The third-order valence-electron chi connectivity index (χ3n) is 2.09. The second kappa shape index (κ2) is 5.36. The molecule has 1 aromatic rings. The molecule has 0 fully saturated rings. The van der Waals surface area contributed by atoms with Crippen molar-refractivity contribution in [3.05, 3.63) is 23.3 Å². The number of ether oxygens (including phenoxy) is 3. The Morgan fingerprint density at radius 2 is 1.93 bits per heavy atom. The summed E-state index contributed by atoms with van der Waals surface area (Å²) in [7, 11) is 4.65. The molecule has 0 N–H and O–H groups in total. The first-order chi connectivity index (χ1) is 7.28. The van der Waals surface area contributed by atoms with Crippen molar-refractivity contribution in [2.45, 2.75) is 6.61 Å². The summed E-state index contributed by atoms with van der Waals surface area (Å²) in [5, 5.41) is 0. The van der Waals surface area contributed by atoms with E-state index in [0.717, 1.165) is 11.8 Å². The van der Waals surface area contributed by atoms with E-state index in [1.807, 2.05) is 0 Å². The summed E-state index contributed by atoms with van der Waals surface area (Å²) in [6, 6.07) is 3.38. The van der Waals surface area contributed by atoms with Gasteiger partial charge in [-0.2, -0.15) is 0 Å². The van der Waals surface area contributed by atoms with Crippen LogP contribution in [0.4, 0.5) is 0 Å². The summed E-state index contributed by atoms with van der Waals surface area (Å²) in [4.78, 5) is 10.8. The maximum absolute atomic E-state index is 10.8. The van der Waals surface area contributed by atoms with Gasteiger partial charge in [0.05, 0.1) is 32.0 Å². The number of aldehydes is 1. The minimum atomic E-state index is 0.341. The average Bonchev–Trinajstić information content (AvgIpc) is 2.28. The molecule has 0 aliphatic carbocycles. The van der Waals surface area contributed by atoms with Crippen molar-refractivity contribution in [3.63, 3.8) is 0 Å². The fourth-order valence-electron chi connectivity index (χ4n) is 1.43. The Bertz CT molecular complexity index is 347. The van der Waals surface area contributed by atoms with Crippen LogP contribution in [0.1, 0.15) is 15.9 Å². The van der Waals surface area contributed by atoms with Gasteiger partial charge in [0.1, 0.15) is 11.5 Å². The quantitative estimate of drug-likeness (QED) is 0.693. The highest BCUT2D eigenvalue weighted by atomic mass is 16.5. The predicted molar refractivity (Wildman–Crippen MR) is 55.6 cm³/mol. The summed E-state index contributed by atoms with van der Waals surface area (Å²) in [5.41, 5.74) is 1.23. The van der Waals surface area contributed by atoms with Gasteiger partial charge in [-0.15, -0.1) is 0 Å². The Morgan fingerprint density at radius 3 is 2.40 bits per heavy atom. The molecule has 0 saturated carbocycles. The first-order valence-corrected chi connectivity index (χ1v) is 4.46. The van der Waals surface area contributed by atoms with Crippen LogP contribution in [-0.2, 0) is 11.3 Å². The van der Waals surface area contributed by atoms with Crippen molar-refractivity contribution in [1.82, 2.24) is 0 Å². The zero-order valence-electron chi connectivity index (χ0n) is 9.07. The van der Waals surface area contributed by atoms with Crippen molar-refractivity contribution in [2.75, 3.05) is 21.3 Å². The van der Waals surface area contributed by atoms with E-state index >= 15 is 0 Å². The zero-order valence-corrected chi connectivity index (χ0v) is 9.07. The molecule has 0 aliphatic heterocycles. The van der Waals surface area contributed by atoms with Gasteiger partial charge < -0.3 is 14.2 Å². The van der Waals surface area contributed by atoms with E-state index in [1.54, 1.807) is 26.4 Å². The lowest BCUT2D eigenvalue weighted by Crippen LogP contribution is -2.01. The van der Waals surface area contributed by atoms with Crippen LogP contribution in [0.15, 0.2) is 12.1 Å². The highest BCUT2D eigenvalue weighted by Crippen LogP contribution is 2.31. The number of benzene rings is 1. The minimum absolute atomic E-state index is 0.341. The SMILES string of the molecule is COCc1c(OC)ccc(C=O)c1OC. The van der Waals surface area contributed by atoms with Crippen molar-refractivity contribution in [1.29, 1.82) is 0 Å². The molecule has 0 radical (unpaired) electrons. The zero-order chi connectivity index (χ0) is 11.3. The molecule has 0 aromatic heterocycles. The molecule has 15 heavy (non-hydrogen) atoms. The van der Waals surface area contributed by atoms with Gasteiger partial charge in [0.25, 0.3) is 0 Å². The second-order valence-electron chi connectivity index (χ2n) is 2.92. The van der Waals surface area contributed by atoms with Gasteiger partial charge in [0.2, 0.25) is 0 Å². The Kier molecular flexibility index (Phi) is 4.12. The summed E-state index contributed by atoms with van der Waals surface area (Å²) in [6.45, 7) is 0.341. The largest absolute Gasteiger partial charge is 0.496 e. The van der Waals surface area contributed by atoms with E-state index in [-0.39, 0.29) is 0 Å². The lowest BCUT2D eigenvalue weighted by Gasteiger charge is -2.13. The predicted octanol–water partition coefficient (Wildman–Crippen LogP) is 1.66. The van der Waals surface area contributed by atoms with Crippen LogP contribution in [-0.4, -0.2) is 27.6 Å². The normalized spacial score (nSPS) is 9.80. The van der Waals surface area contributed by atoms with Gasteiger partial charge in [-0.3, -0.25) is 4.79 Å². The Labute approximate surface area is 88.8 Å². The molecule has 0 heterocycles. The summed E-state index contributed by atoms with van der Waals surface area (Å²) in [6.07, 6.45) is 0.747. The van der Waals surface area contributed by atoms with Crippen molar-refractivity contribution in [2.24, 2.45) is 0 Å². The smallest absolute Gasteiger partial charge is 0.153 e. The molecule has 4 nitrogen and oxygen atoms in total. The molecule has 0 spiro atoms. The minimum Gasteiger partial charge on any atom is -0.496 e. The van der Waals surface area contributed by atoms with Crippen LogP contribution in [0, 0.1) is 0 Å². The second-order valence-corrected chi connectivity index (χ2v) is 2.92. The Balaban J connectivity index is 3.30. The van der Waals surface area contributed by atoms with E-state index in [4.69, 9.17) is 14.2 Å². The van der Waals surface area contributed by atoms with Gasteiger partial charge in [-0.1, -0.05) is 0 Å². The van der Waals surface area contributed by atoms with Gasteiger partial charge in [-0.25, -0.2) is 0 Å². The molecule has 82 valence electrons. The van der Waals surface area contributed by atoms with Crippen LogP contribution in [0.5, 0.6) is 11.5 Å². The van der Waals surface area contributed by atoms with E-state index < -0.39 is 0 Å². The molecule has 0 bridgehead atoms.